The number of hydrogen-bond acceptors (Lipinski definition) is 5. The van der Waals surface area contributed by atoms with Crippen molar-refractivity contribution in [1.29, 1.82) is 0 Å². The summed E-state index contributed by atoms with van der Waals surface area (Å²) in [6.07, 6.45) is 1.87. The fraction of sp³-hybridized carbons (Fsp3) is 0.0833. The van der Waals surface area contributed by atoms with Crippen molar-refractivity contribution in [2.24, 2.45) is 0 Å². The van der Waals surface area contributed by atoms with Crippen molar-refractivity contribution in [2.45, 2.75) is 6.92 Å². The minimum atomic E-state index is -0.515. The first-order chi connectivity index (χ1) is 15.0. The topological polar surface area (TPSA) is 104 Å². The molecule has 0 saturated carbocycles. The number of imidazole rings is 1. The lowest BCUT2D eigenvalue weighted by Crippen LogP contribution is -2.01. The molecule has 5 aromatic rings. The van der Waals surface area contributed by atoms with Crippen LogP contribution in [0, 0.1) is 6.92 Å². The van der Waals surface area contributed by atoms with E-state index in [1.165, 1.54) is 6.07 Å². The monoisotopic (exact) mass is 413 g/mol. The molecule has 0 aliphatic carbocycles. The number of rotatable bonds is 4. The van der Waals surface area contributed by atoms with Gasteiger partial charge in [0, 0.05) is 34.3 Å². The Morgan fingerprint density at radius 3 is 2.77 bits per heavy atom. The number of nitrogens with zero attached hydrogens (tertiary/aromatic N) is 1. The number of benzene rings is 2. The molecule has 7 nitrogen and oxygen atoms in total. The van der Waals surface area contributed by atoms with E-state index in [1.54, 1.807) is 14.0 Å². The average Bonchev–Trinajstić information content (AvgIpc) is 3.43. The molecule has 0 fully saturated rings. The number of nitrogens with one attached hydrogen (secondary N) is 2. The second-order valence-electron chi connectivity index (χ2n) is 7.18. The fourth-order valence-electron chi connectivity index (χ4n) is 3.71. The number of aromatic hydroxyl groups is 1. The molecule has 0 unspecified atom stereocenters. The van der Waals surface area contributed by atoms with E-state index >= 15 is 0 Å². The van der Waals surface area contributed by atoms with Gasteiger partial charge in [-0.05, 0) is 31.2 Å². The molecular formula is C24H19N3O4. The second kappa shape index (κ2) is 7.21. The first-order valence-electron chi connectivity index (χ1n) is 9.70. The highest BCUT2D eigenvalue weighted by Gasteiger charge is 2.23. The number of H-pyrrole nitrogens is 2. The molecule has 0 bridgehead atoms. The number of ether oxygens (including phenoxy) is 1. The van der Waals surface area contributed by atoms with E-state index in [0.29, 0.717) is 28.7 Å². The summed E-state index contributed by atoms with van der Waals surface area (Å²) >= 11 is 0. The molecule has 5 rings (SSSR count). The standard InChI is InChI=1S/C24H19N3O4/c1-13-11-19(28)22(29)23(31-13)21-20(14-5-3-6-15(12-14)30-2)26-24(27-21)17-7-4-8-18-16(17)9-10-25-18/h3-12,25,29H,1-2H3,(H,26,27). The average molecular weight is 413 g/mol. The fourth-order valence-corrected chi connectivity index (χ4v) is 3.71. The lowest BCUT2D eigenvalue weighted by molar-refractivity contribution is 0.415. The van der Waals surface area contributed by atoms with Crippen molar-refractivity contribution < 1.29 is 14.3 Å². The summed E-state index contributed by atoms with van der Waals surface area (Å²) in [7, 11) is 1.59. The van der Waals surface area contributed by atoms with Gasteiger partial charge < -0.3 is 24.2 Å². The summed E-state index contributed by atoms with van der Waals surface area (Å²) in [5.74, 6) is 1.21. The predicted octanol–water partition coefficient (Wildman–Crippen LogP) is 4.87. The van der Waals surface area contributed by atoms with Gasteiger partial charge in [-0.2, -0.15) is 0 Å². The van der Waals surface area contributed by atoms with Crippen molar-refractivity contribution in [2.75, 3.05) is 7.11 Å². The molecule has 0 amide bonds. The van der Waals surface area contributed by atoms with Crippen molar-refractivity contribution >= 4 is 10.9 Å². The van der Waals surface area contributed by atoms with E-state index in [-0.39, 0.29) is 5.76 Å². The Balaban J connectivity index is 1.81. The molecule has 7 heteroatoms. The van der Waals surface area contributed by atoms with Crippen LogP contribution in [0.5, 0.6) is 11.5 Å². The largest absolute Gasteiger partial charge is 0.501 e. The van der Waals surface area contributed by atoms with E-state index in [0.717, 1.165) is 22.0 Å². The van der Waals surface area contributed by atoms with Gasteiger partial charge >= 0.3 is 0 Å². The van der Waals surface area contributed by atoms with Gasteiger partial charge in [-0.15, -0.1) is 0 Å². The summed E-state index contributed by atoms with van der Waals surface area (Å²) in [4.78, 5) is 23.5. The van der Waals surface area contributed by atoms with Crippen LogP contribution < -0.4 is 10.2 Å². The van der Waals surface area contributed by atoms with Crippen molar-refractivity contribution in [3.05, 3.63) is 76.8 Å². The van der Waals surface area contributed by atoms with Gasteiger partial charge in [-0.25, -0.2) is 4.98 Å². The van der Waals surface area contributed by atoms with E-state index in [2.05, 4.69) is 9.97 Å². The molecule has 154 valence electrons. The minimum absolute atomic E-state index is 0.0443. The maximum Gasteiger partial charge on any atom is 0.227 e. The van der Waals surface area contributed by atoms with Crippen LogP contribution in [-0.4, -0.2) is 27.2 Å². The Kier molecular flexibility index (Phi) is 4.36. The third kappa shape index (κ3) is 3.16. The molecule has 0 atom stereocenters. The Bertz CT molecular complexity index is 1480. The highest BCUT2D eigenvalue weighted by Crippen LogP contribution is 2.38. The highest BCUT2D eigenvalue weighted by molar-refractivity contribution is 5.94. The third-order valence-electron chi connectivity index (χ3n) is 5.17. The van der Waals surface area contributed by atoms with Crippen LogP contribution in [-0.2, 0) is 0 Å². The normalized spacial score (nSPS) is 11.2. The zero-order chi connectivity index (χ0) is 21.5. The molecule has 3 aromatic heterocycles. The Morgan fingerprint density at radius 1 is 1.10 bits per heavy atom. The van der Waals surface area contributed by atoms with E-state index in [1.807, 2.05) is 54.7 Å². The van der Waals surface area contributed by atoms with Gasteiger partial charge in [0.2, 0.25) is 11.2 Å². The molecule has 0 aliphatic heterocycles. The third-order valence-corrected chi connectivity index (χ3v) is 5.17. The Labute approximate surface area is 177 Å². The molecule has 0 aliphatic rings. The van der Waals surface area contributed by atoms with Gasteiger partial charge in [0.25, 0.3) is 0 Å². The molecule has 0 saturated heterocycles. The van der Waals surface area contributed by atoms with Crippen LogP contribution in [0.2, 0.25) is 0 Å². The number of aromatic nitrogens is 3. The summed E-state index contributed by atoms with van der Waals surface area (Å²) in [5, 5.41) is 11.5. The Hall–Kier alpha value is -4.26. The number of aryl methyl sites for hydroxylation is 1. The zero-order valence-electron chi connectivity index (χ0n) is 16.9. The molecule has 0 spiro atoms. The van der Waals surface area contributed by atoms with Crippen LogP contribution in [0.15, 0.2) is 70.0 Å². The predicted molar refractivity (Wildman–Crippen MR) is 118 cm³/mol. The molecule has 31 heavy (non-hydrogen) atoms. The summed E-state index contributed by atoms with van der Waals surface area (Å²) in [6, 6.07) is 16.5. The molecule has 3 N–H and O–H groups in total. The van der Waals surface area contributed by atoms with Crippen LogP contribution >= 0.6 is 0 Å². The van der Waals surface area contributed by atoms with Gasteiger partial charge in [-0.1, -0.05) is 24.3 Å². The highest BCUT2D eigenvalue weighted by atomic mass is 16.5. The lowest BCUT2D eigenvalue weighted by atomic mass is 10.1. The first kappa shape index (κ1) is 18.7. The summed E-state index contributed by atoms with van der Waals surface area (Å²) < 4.78 is 11.1. The number of hydrogen-bond donors (Lipinski definition) is 3. The Morgan fingerprint density at radius 2 is 1.94 bits per heavy atom. The molecule has 0 radical (unpaired) electrons. The van der Waals surface area contributed by atoms with Crippen LogP contribution in [0.3, 0.4) is 0 Å². The number of aromatic amines is 2. The smallest absolute Gasteiger partial charge is 0.227 e. The molecular weight excluding hydrogens is 394 g/mol. The number of methoxy groups -OCH3 is 1. The minimum Gasteiger partial charge on any atom is -0.501 e. The van der Waals surface area contributed by atoms with E-state index in [4.69, 9.17) is 14.1 Å². The lowest BCUT2D eigenvalue weighted by Gasteiger charge is -2.06. The van der Waals surface area contributed by atoms with Crippen molar-refractivity contribution in [3.8, 4) is 45.6 Å². The van der Waals surface area contributed by atoms with Crippen molar-refractivity contribution in [1.82, 2.24) is 15.0 Å². The van der Waals surface area contributed by atoms with Gasteiger partial charge in [0.05, 0.1) is 7.11 Å². The first-order valence-corrected chi connectivity index (χ1v) is 9.70. The van der Waals surface area contributed by atoms with Gasteiger partial charge in [-0.3, -0.25) is 4.79 Å². The van der Waals surface area contributed by atoms with E-state index < -0.39 is 11.2 Å². The maximum atomic E-state index is 12.2. The van der Waals surface area contributed by atoms with E-state index in [9.17, 15) is 9.90 Å². The zero-order valence-corrected chi connectivity index (χ0v) is 16.9. The molecule has 2 aromatic carbocycles. The van der Waals surface area contributed by atoms with Crippen LogP contribution in [0.1, 0.15) is 5.76 Å². The second-order valence-corrected chi connectivity index (χ2v) is 7.18. The summed E-state index contributed by atoms with van der Waals surface area (Å²) in [6.45, 7) is 1.66. The van der Waals surface area contributed by atoms with Crippen LogP contribution in [0.25, 0.3) is 45.0 Å². The number of fused-ring (bicyclic) bond motifs is 1. The van der Waals surface area contributed by atoms with Crippen molar-refractivity contribution in [3.63, 3.8) is 0 Å². The van der Waals surface area contributed by atoms with Crippen LogP contribution in [0.4, 0.5) is 0 Å². The SMILES string of the molecule is COc1cccc(-c2nc(-c3cccc4[nH]ccc34)[nH]c2-c2oc(C)cc(=O)c2O)c1. The quantitative estimate of drug-likeness (QED) is 0.390. The van der Waals surface area contributed by atoms with Gasteiger partial charge in [0.1, 0.15) is 28.7 Å². The maximum absolute atomic E-state index is 12.2. The molecule has 3 heterocycles. The summed E-state index contributed by atoms with van der Waals surface area (Å²) in [5.41, 5.74) is 3.03. The van der Waals surface area contributed by atoms with Gasteiger partial charge in [0.15, 0.2) is 5.76 Å².